The molecule has 0 fully saturated rings. The fourth-order valence-electron chi connectivity index (χ4n) is 10.5. The predicted octanol–water partition coefficient (Wildman–Crippen LogP) is 14.6. The number of ether oxygens (including phenoxy) is 1. The van der Waals surface area contributed by atoms with Crippen LogP contribution in [0.3, 0.4) is 0 Å². The summed E-state index contributed by atoms with van der Waals surface area (Å²) in [5, 5.41) is 5.20. The van der Waals surface area contributed by atoms with Crippen molar-refractivity contribution in [3.8, 4) is 28.0 Å². The Bertz CT molecular complexity index is 2970. The van der Waals surface area contributed by atoms with Crippen molar-refractivity contribution in [1.82, 2.24) is 0 Å². The summed E-state index contributed by atoms with van der Waals surface area (Å²) in [6, 6.07) is 54.6. The van der Waals surface area contributed by atoms with Crippen LogP contribution in [0, 0.1) is 0 Å². The molecule has 0 aromatic heterocycles. The quantitative estimate of drug-likeness (QED) is 0.149. The second-order valence-electron chi connectivity index (χ2n) is 17.9. The second kappa shape index (κ2) is 15.1. The Morgan fingerprint density at radius 1 is 0.574 bits per heavy atom. The minimum absolute atomic E-state index is 0.195. The fourth-order valence-corrected chi connectivity index (χ4v) is 10.5. The number of nitrogens with zero attached hydrogens (tertiary/aromatic N) is 2. The van der Waals surface area contributed by atoms with E-state index in [0.717, 1.165) is 53.0 Å². The van der Waals surface area contributed by atoms with Gasteiger partial charge in [0, 0.05) is 52.7 Å². The van der Waals surface area contributed by atoms with Crippen molar-refractivity contribution in [3.05, 3.63) is 210 Å². The molecule has 0 spiro atoms. The molecule has 3 aliphatic rings. The van der Waals surface area contributed by atoms with Crippen LogP contribution < -0.4 is 9.64 Å². The van der Waals surface area contributed by atoms with E-state index in [9.17, 15) is 0 Å². The summed E-state index contributed by atoms with van der Waals surface area (Å²) in [4.78, 5) is 2.39. The number of para-hydroxylation sites is 1. The van der Waals surface area contributed by atoms with Crippen LogP contribution in [-0.2, 0) is 10.8 Å². The second-order valence-corrected chi connectivity index (χ2v) is 17.9. The standard InChI is InChI=1S/C58H53N2O/c1-57(2)51(59(5)49-35-31-41-23-13-15-27-45(41)53(49)57)37-33-43-25-17-26-44(34-38-52-58(3,4)54-46-28-16-14-24-42(46)32-36-50(54)60(52)6)55(43)61-56-47(39-19-9-7-10-20-39)29-18-30-48(56)40-21-11-8-12-22-40/h7-16,18-24,27-38H,17,25-26H2,1-6H3/q+1. The van der Waals surface area contributed by atoms with Gasteiger partial charge in [0.2, 0.25) is 5.69 Å². The largest absolute Gasteiger partial charge is 0.455 e. The lowest BCUT2D eigenvalue weighted by molar-refractivity contribution is -0.401. The highest BCUT2D eigenvalue weighted by atomic mass is 16.5. The number of allylic oxidation sites excluding steroid dienone is 7. The van der Waals surface area contributed by atoms with E-state index in [1.54, 1.807) is 0 Å². The normalized spacial score (nSPS) is 18.2. The van der Waals surface area contributed by atoms with Gasteiger partial charge in [-0.1, -0.05) is 153 Å². The van der Waals surface area contributed by atoms with E-state index in [4.69, 9.17) is 4.74 Å². The molecule has 7 aromatic carbocycles. The third-order valence-corrected chi connectivity index (χ3v) is 13.5. The Morgan fingerprint density at radius 3 is 1.82 bits per heavy atom. The van der Waals surface area contributed by atoms with Gasteiger partial charge in [0.1, 0.15) is 18.6 Å². The SMILES string of the molecule is CN1/C(=C/C=C2\CCCC(/C=C/C3=[N+](C)c4ccc5ccccc5c4C3(C)C)=C2Oc2c(-c3ccccc3)cccc2-c2ccccc2)C(C)(C)c2c1ccc1ccccc21. The van der Waals surface area contributed by atoms with Crippen LogP contribution in [0.4, 0.5) is 11.4 Å². The first-order valence-corrected chi connectivity index (χ1v) is 21.8. The molecule has 61 heavy (non-hydrogen) atoms. The average Bonchev–Trinajstić information content (AvgIpc) is 3.62. The average molecular weight is 794 g/mol. The summed E-state index contributed by atoms with van der Waals surface area (Å²) in [5.74, 6) is 1.83. The summed E-state index contributed by atoms with van der Waals surface area (Å²) >= 11 is 0. The zero-order valence-electron chi connectivity index (χ0n) is 36.2. The molecule has 300 valence electrons. The number of hydrogen-bond acceptors (Lipinski definition) is 2. The van der Waals surface area contributed by atoms with Crippen LogP contribution in [0.25, 0.3) is 43.8 Å². The minimum Gasteiger partial charge on any atom is -0.455 e. The maximum Gasteiger partial charge on any atom is 0.210 e. The number of benzene rings is 7. The van der Waals surface area contributed by atoms with E-state index in [2.05, 4.69) is 227 Å². The van der Waals surface area contributed by atoms with E-state index in [1.807, 2.05) is 0 Å². The smallest absolute Gasteiger partial charge is 0.210 e. The maximum atomic E-state index is 7.57. The van der Waals surface area contributed by atoms with E-state index in [0.29, 0.717) is 0 Å². The van der Waals surface area contributed by atoms with Gasteiger partial charge in [0.25, 0.3) is 0 Å². The Balaban J connectivity index is 1.14. The molecule has 0 bridgehead atoms. The van der Waals surface area contributed by atoms with Crippen molar-refractivity contribution in [2.24, 2.45) is 0 Å². The molecule has 0 N–H and O–H groups in total. The molecule has 7 aromatic rings. The summed E-state index contributed by atoms with van der Waals surface area (Å²) in [6.45, 7) is 9.48. The lowest BCUT2D eigenvalue weighted by atomic mass is 9.78. The minimum atomic E-state index is -0.195. The van der Waals surface area contributed by atoms with Gasteiger partial charge >= 0.3 is 0 Å². The topological polar surface area (TPSA) is 15.5 Å². The third-order valence-electron chi connectivity index (χ3n) is 13.5. The van der Waals surface area contributed by atoms with Crippen LogP contribution in [0.5, 0.6) is 5.75 Å². The molecule has 0 unspecified atom stereocenters. The van der Waals surface area contributed by atoms with E-state index >= 15 is 0 Å². The van der Waals surface area contributed by atoms with Gasteiger partial charge in [-0.2, -0.15) is 4.58 Å². The van der Waals surface area contributed by atoms with Gasteiger partial charge in [-0.3, -0.25) is 0 Å². The zero-order chi connectivity index (χ0) is 41.9. The molecule has 1 aliphatic carbocycles. The Kier molecular flexibility index (Phi) is 9.52. The third kappa shape index (κ3) is 6.46. The van der Waals surface area contributed by atoms with E-state index in [-0.39, 0.29) is 10.8 Å². The molecule has 0 atom stereocenters. The fraction of sp³-hybridized carbons (Fsp3) is 0.190. The van der Waals surface area contributed by atoms with Crippen molar-refractivity contribution < 1.29 is 9.31 Å². The number of likely N-dealkylation sites (N-methyl/N-ethyl adjacent to an activating group) is 1. The van der Waals surface area contributed by atoms with Crippen molar-refractivity contribution in [3.63, 3.8) is 0 Å². The van der Waals surface area contributed by atoms with Crippen LogP contribution in [0.2, 0.25) is 0 Å². The lowest BCUT2D eigenvalue weighted by Gasteiger charge is -2.26. The molecule has 10 rings (SSSR count). The highest BCUT2D eigenvalue weighted by Gasteiger charge is 2.44. The van der Waals surface area contributed by atoms with Gasteiger partial charge in [0.15, 0.2) is 5.71 Å². The molecule has 3 heteroatoms. The van der Waals surface area contributed by atoms with Crippen LogP contribution in [0.15, 0.2) is 199 Å². The molecule has 0 amide bonds. The van der Waals surface area contributed by atoms with Crippen molar-refractivity contribution in [1.29, 1.82) is 0 Å². The Morgan fingerprint density at radius 2 is 1.16 bits per heavy atom. The monoisotopic (exact) mass is 793 g/mol. The summed E-state index contributed by atoms with van der Waals surface area (Å²) in [7, 11) is 4.44. The first-order valence-electron chi connectivity index (χ1n) is 21.8. The number of fused-ring (bicyclic) bond motifs is 6. The molecular formula is C58H53N2O+. The van der Waals surface area contributed by atoms with Gasteiger partial charge in [-0.05, 0) is 107 Å². The number of hydrogen-bond donors (Lipinski definition) is 0. The summed E-state index contributed by atoms with van der Waals surface area (Å²) in [5.41, 5.74) is 14.3. The summed E-state index contributed by atoms with van der Waals surface area (Å²) < 4.78 is 9.96. The molecular weight excluding hydrogens is 741 g/mol. The first-order chi connectivity index (χ1) is 29.6. The first kappa shape index (κ1) is 38.5. The molecule has 2 aliphatic heterocycles. The molecule has 2 heterocycles. The van der Waals surface area contributed by atoms with Crippen molar-refractivity contribution in [2.45, 2.75) is 57.8 Å². The molecule has 3 nitrogen and oxygen atoms in total. The van der Waals surface area contributed by atoms with Gasteiger partial charge in [0.05, 0.1) is 5.41 Å². The molecule has 0 saturated carbocycles. The van der Waals surface area contributed by atoms with Crippen molar-refractivity contribution >= 4 is 38.6 Å². The Labute approximate surface area is 361 Å². The maximum absolute atomic E-state index is 7.57. The highest BCUT2D eigenvalue weighted by molar-refractivity contribution is 6.07. The van der Waals surface area contributed by atoms with Gasteiger partial charge in [-0.15, -0.1) is 0 Å². The van der Waals surface area contributed by atoms with Gasteiger partial charge < -0.3 is 9.64 Å². The molecule has 0 saturated heterocycles. The van der Waals surface area contributed by atoms with Crippen LogP contribution >= 0.6 is 0 Å². The number of anilines is 1. The van der Waals surface area contributed by atoms with Crippen LogP contribution in [0.1, 0.15) is 58.1 Å². The molecule has 0 radical (unpaired) electrons. The summed E-state index contributed by atoms with van der Waals surface area (Å²) in [6.07, 6.45) is 12.3. The van der Waals surface area contributed by atoms with E-state index in [1.165, 1.54) is 66.6 Å². The number of rotatable bonds is 7. The van der Waals surface area contributed by atoms with Crippen LogP contribution in [-0.4, -0.2) is 24.4 Å². The lowest BCUT2D eigenvalue weighted by Crippen LogP contribution is -2.27. The van der Waals surface area contributed by atoms with E-state index < -0.39 is 0 Å². The van der Waals surface area contributed by atoms with Crippen molar-refractivity contribution in [2.75, 3.05) is 19.0 Å². The predicted molar refractivity (Wildman–Crippen MR) is 257 cm³/mol. The Hall–Kier alpha value is -6.71. The zero-order valence-corrected chi connectivity index (χ0v) is 36.2. The highest BCUT2D eigenvalue weighted by Crippen LogP contribution is 2.51. The van der Waals surface area contributed by atoms with Gasteiger partial charge in [-0.25, -0.2) is 0 Å².